The molecule has 2 heterocycles. The molecule has 0 fully saturated rings. The van der Waals surface area contributed by atoms with Crippen molar-refractivity contribution in [2.24, 2.45) is 0 Å². The Labute approximate surface area is 132 Å². The van der Waals surface area contributed by atoms with Crippen LogP contribution in [0.4, 0.5) is 5.82 Å². The molecule has 8 nitrogen and oxygen atoms in total. The van der Waals surface area contributed by atoms with Gasteiger partial charge in [0.25, 0.3) is 0 Å². The summed E-state index contributed by atoms with van der Waals surface area (Å²) in [5.41, 5.74) is -0.0948. The second-order valence-corrected chi connectivity index (χ2v) is 6.18. The summed E-state index contributed by atoms with van der Waals surface area (Å²) in [5, 5.41) is 13.0. The first-order valence-electron chi connectivity index (χ1n) is 6.71. The largest absolute Gasteiger partial charge is 0.476 e. The summed E-state index contributed by atoms with van der Waals surface area (Å²) in [7, 11) is 1.79. The van der Waals surface area contributed by atoms with Crippen LogP contribution in [0.5, 0.6) is 0 Å². The monoisotopic (exact) mass is 323 g/mol. The van der Waals surface area contributed by atoms with Crippen LogP contribution in [0.25, 0.3) is 0 Å². The molecule has 0 bridgehead atoms. The fraction of sp³-hybridized carbons (Fsp3) is 0.462. The molecular weight excluding hydrogens is 306 g/mol. The van der Waals surface area contributed by atoms with Gasteiger partial charge in [-0.25, -0.2) is 14.8 Å². The molecule has 118 valence electrons. The number of nitrogens with zero attached hydrogens (tertiary/aromatic N) is 5. The van der Waals surface area contributed by atoms with Crippen molar-refractivity contribution in [3.63, 3.8) is 0 Å². The Morgan fingerprint density at radius 3 is 2.82 bits per heavy atom. The van der Waals surface area contributed by atoms with Crippen molar-refractivity contribution < 1.29 is 14.4 Å². The second-order valence-electron chi connectivity index (χ2n) is 4.56. The lowest BCUT2D eigenvalue weighted by Crippen LogP contribution is -2.18. The third-order valence-corrected chi connectivity index (χ3v) is 3.93. The van der Waals surface area contributed by atoms with E-state index in [0.29, 0.717) is 24.1 Å². The number of anilines is 1. The smallest absolute Gasteiger partial charge is 0.356 e. The van der Waals surface area contributed by atoms with Crippen molar-refractivity contribution in [1.29, 1.82) is 0 Å². The molecule has 0 amide bonds. The molecule has 1 atom stereocenters. The molecule has 0 saturated heterocycles. The number of aromatic nitrogens is 4. The molecule has 0 saturated carbocycles. The van der Waals surface area contributed by atoms with Crippen molar-refractivity contribution in [2.75, 3.05) is 17.7 Å². The molecule has 0 aliphatic heterocycles. The Hall–Kier alpha value is -2.16. The van der Waals surface area contributed by atoms with Gasteiger partial charge in [-0.3, -0.25) is 0 Å². The highest BCUT2D eigenvalue weighted by atomic mass is 32.2. The molecule has 2 aromatic heterocycles. The van der Waals surface area contributed by atoms with Crippen molar-refractivity contribution in [2.45, 2.75) is 25.6 Å². The van der Waals surface area contributed by atoms with E-state index in [1.807, 2.05) is 6.92 Å². The Bertz CT molecular complexity index is 631. The average Bonchev–Trinajstić information content (AvgIpc) is 2.96. The predicted octanol–water partition coefficient (Wildman–Crippen LogP) is 2.01. The maximum absolute atomic E-state index is 10.7. The Morgan fingerprint density at radius 1 is 1.45 bits per heavy atom. The van der Waals surface area contributed by atoms with Gasteiger partial charge < -0.3 is 14.5 Å². The van der Waals surface area contributed by atoms with E-state index in [1.54, 1.807) is 23.7 Å². The summed E-state index contributed by atoms with van der Waals surface area (Å²) in [6, 6.07) is 0. The second kappa shape index (κ2) is 7.21. The normalized spacial score (nSPS) is 12.1. The van der Waals surface area contributed by atoms with E-state index in [2.05, 4.69) is 27.0 Å². The zero-order chi connectivity index (χ0) is 16.1. The number of hydrogen-bond acceptors (Lipinski definition) is 8. The topological polar surface area (TPSA) is 105 Å². The first kappa shape index (κ1) is 16.2. The van der Waals surface area contributed by atoms with Gasteiger partial charge in [0.2, 0.25) is 5.89 Å². The number of hydrogen-bond donors (Lipinski definition) is 1. The number of carboxylic acid groups (broad SMARTS) is 1. The summed E-state index contributed by atoms with van der Waals surface area (Å²) in [6.45, 7) is 4.48. The number of aromatic carboxylic acids is 1. The van der Waals surface area contributed by atoms with Crippen LogP contribution in [0.2, 0.25) is 0 Å². The summed E-state index contributed by atoms with van der Waals surface area (Å²) < 4.78 is 5.23. The van der Waals surface area contributed by atoms with Crippen LogP contribution in [0.1, 0.15) is 41.3 Å². The molecule has 1 N–H and O–H groups in total. The van der Waals surface area contributed by atoms with Crippen molar-refractivity contribution in [1.82, 2.24) is 20.1 Å². The highest BCUT2D eigenvalue weighted by Crippen LogP contribution is 2.25. The Kier molecular flexibility index (Phi) is 5.31. The van der Waals surface area contributed by atoms with Crippen LogP contribution in [-0.2, 0) is 6.54 Å². The Balaban J connectivity index is 2.02. The minimum Gasteiger partial charge on any atom is -0.476 e. The molecule has 1 unspecified atom stereocenters. The van der Waals surface area contributed by atoms with Crippen molar-refractivity contribution in [3.05, 3.63) is 29.8 Å². The highest BCUT2D eigenvalue weighted by Gasteiger charge is 2.15. The van der Waals surface area contributed by atoms with Gasteiger partial charge in [0.05, 0.1) is 24.2 Å². The zero-order valence-electron chi connectivity index (χ0n) is 12.6. The van der Waals surface area contributed by atoms with E-state index in [-0.39, 0.29) is 10.9 Å². The first-order chi connectivity index (χ1) is 10.5. The van der Waals surface area contributed by atoms with Gasteiger partial charge in [-0.15, -0.1) is 0 Å². The van der Waals surface area contributed by atoms with Gasteiger partial charge in [-0.2, -0.15) is 16.7 Å². The van der Waals surface area contributed by atoms with Crippen LogP contribution < -0.4 is 4.90 Å². The zero-order valence-corrected chi connectivity index (χ0v) is 13.4. The van der Waals surface area contributed by atoms with Crippen LogP contribution in [0, 0.1) is 0 Å². The number of thioether (sulfide) groups is 1. The number of carboxylic acids is 1. The van der Waals surface area contributed by atoms with Crippen LogP contribution in [0.15, 0.2) is 16.9 Å². The lowest BCUT2D eigenvalue weighted by atomic mass is 10.4. The molecule has 0 aliphatic rings. The summed E-state index contributed by atoms with van der Waals surface area (Å²) in [4.78, 5) is 24.7. The minimum absolute atomic E-state index is 0.0948. The lowest BCUT2D eigenvalue weighted by molar-refractivity contribution is 0.0690. The third kappa shape index (κ3) is 3.94. The molecular formula is C13H17N5O3S. The summed E-state index contributed by atoms with van der Waals surface area (Å²) in [6.07, 6.45) is 2.61. The summed E-state index contributed by atoms with van der Waals surface area (Å²) >= 11 is 1.74. The van der Waals surface area contributed by atoms with E-state index in [0.717, 1.165) is 5.75 Å². The van der Waals surface area contributed by atoms with Gasteiger partial charge >= 0.3 is 5.97 Å². The molecule has 0 radical (unpaired) electrons. The minimum atomic E-state index is -1.11. The van der Waals surface area contributed by atoms with Gasteiger partial charge in [-0.05, 0) is 12.7 Å². The fourth-order valence-corrected chi connectivity index (χ4v) is 2.48. The number of carbonyl (C=O) groups is 1. The molecule has 2 aromatic rings. The molecule has 0 aromatic carbocycles. The molecule has 22 heavy (non-hydrogen) atoms. The van der Waals surface area contributed by atoms with Crippen molar-refractivity contribution in [3.8, 4) is 0 Å². The molecule has 0 aliphatic carbocycles. The lowest BCUT2D eigenvalue weighted by Gasteiger charge is -2.14. The van der Waals surface area contributed by atoms with Crippen molar-refractivity contribution >= 4 is 23.5 Å². The average molecular weight is 323 g/mol. The quantitative estimate of drug-likeness (QED) is 0.818. The van der Waals surface area contributed by atoms with Crippen LogP contribution >= 0.6 is 11.8 Å². The molecule has 9 heteroatoms. The maximum Gasteiger partial charge on any atom is 0.356 e. The van der Waals surface area contributed by atoms with Gasteiger partial charge in [0.1, 0.15) is 5.82 Å². The number of rotatable bonds is 7. The first-order valence-corrected chi connectivity index (χ1v) is 7.76. The standard InChI is InChI=1S/C13H17N5O3S/c1-4-22-8(2)12-16-11(21-17-12)7-18(3)10-6-14-9(5-15-10)13(19)20/h5-6,8H,4,7H2,1-3H3,(H,19,20). The third-order valence-electron chi connectivity index (χ3n) is 2.88. The van der Waals surface area contributed by atoms with E-state index in [9.17, 15) is 4.79 Å². The maximum atomic E-state index is 10.7. The SMILES string of the molecule is CCSC(C)c1noc(CN(C)c2cnc(C(=O)O)cn2)n1. The Morgan fingerprint density at radius 2 is 2.23 bits per heavy atom. The van der Waals surface area contributed by atoms with E-state index in [4.69, 9.17) is 9.63 Å². The van der Waals surface area contributed by atoms with E-state index < -0.39 is 5.97 Å². The summed E-state index contributed by atoms with van der Waals surface area (Å²) in [5.74, 6) is 1.55. The molecule has 2 rings (SSSR count). The van der Waals surface area contributed by atoms with Crippen LogP contribution in [0.3, 0.4) is 0 Å². The van der Waals surface area contributed by atoms with E-state index in [1.165, 1.54) is 12.4 Å². The van der Waals surface area contributed by atoms with Crippen LogP contribution in [-0.4, -0.2) is 44.0 Å². The van der Waals surface area contributed by atoms with Gasteiger partial charge in [-0.1, -0.05) is 12.1 Å². The van der Waals surface area contributed by atoms with Gasteiger partial charge in [0, 0.05) is 7.05 Å². The fourth-order valence-electron chi connectivity index (χ4n) is 1.73. The van der Waals surface area contributed by atoms with E-state index >= 15 is 0 Å². The highest BCUT2D eigenvalue weighted by molar-refractivity contribution is 7.99. The molecule has 0 spiro atoms. The van der Waals surface area contributed by atoms with Gasteiger partial charge in [0.15, 0.2) is 11.5 Å². The predicted molar refractivity (Wildman–Crippen MR) is 81.9 cm³/mol.